The molecule has 1 rings (SSSR count). The molecule has 1 aromatic rings. The van der Waals surface area contributed by atoms with Crippen molar-refractivity contribution in [2.75, 3.05) is 27.4 Å². The van der Waals surface area contributed by atoms with E-state index in [9.17, 15) is 9.18 Å². The van der Waals surface area contributed by atoms with E-state index in [1.54, 1.807) is 0 Å². The predicted octanol–water partition coefficient (Wildman–Crippen LogP) is 1.67. The lowest BCUT2D eigenvalue weighted by Gasteiger charge is -2.11. The summed E-state index contributed by atoms with van der Waals surface area (Å²) in [5, 5.41) is 0. The van der Waals surface area contributed by atoms with Gasteiger partial charge in [0, 0.05) is 12.7 Å². The van der Waals surface area contributed by atoms with Crippen LogP contribution in [-0.4, -0.2) is 33.7 Å². The highest BCUT2D eigenvalue weighted by Gasteiger charge is 2.12. The first-order valence-corrected chi connectivity index (χ1v) is 4.67. The summed E-state index contributed by atoms with van der Waals surface area (Å²) in [7, 11) is 2.90. The van der Waals surface area contributed by atoms with E-state index >= 15 is 0 Å². The lowest BCUT2D eigenvalue weighted by Crippen LogP contribution is -2.07. The van der Waals surface area contributed by atoms with Crippen LogP contribution in [0.2, 0.25) is 0 Å². The molecule has 0 aliphatic rings. The average Bonchev–Trinajstić information content (AvgIpc) is 2.30. The Labute approximate surface area is 92.9 Å². The molecule has 16 heavy (non-hydrogen) atoms. The van der Waals surface area contributed by atoms with Crippen LogP contribution in [0.3, 0.4) is 0 Å². The van der Waals surface area contributed by atoms with Gasteiger partial charge in [-0.3, -0.25) is 4.79 Å². The first-order chi connectivity index (χ1) is 7.72. The third-order valence-corrected chi connectivity index (χ3v) is 1.92. The summed E-state index contributed by atoms with van der Waals surface area (Å²) in [6.07, 6.45) is 0.546. The number of ether oxygens (including phenoxy) is 3. The Morgan fingerprint density at radius 3 is 2.62 bits per heavy atom. The Balaban J connectivity index is 2.92. The zero-order valence-electron chi connectivity index (χ0n) is 9.16. The van der Waals surface area contributed by atoms with Gasteiger partial charge in [0.05, 0.1) is 13.7 Å². The van der Waals surface area contributed by atoms with E-state index in [0.717, 1.165) is 6.07 Å². The van der Waals surface area contributed by atoms with Crippen molar-refractivity contribution in [2.45, 2.75) is 0 Å². The minimum absolute atomic E-state index is 0.00912. The predicted molar refractivity (Wildman–Crippen MR) is 55.7 cm³/mol. The van der Waals surface area contributed by atoms with E-state index in [-0.39, 0.29) is 23.7 Å². The second-order valence-electron chi connectivity index (χ2n) is 2.99. The van der Waals surface area contributed by atoms with Crippen LogP contribution in [-0.2, 0) is 4.74 Å². The fraction of sp³-hybridized carbons (Fsp3) is 0.364. The first kappa shape index (κ1) is 12.4. The van der Waals surface area contributed by atoms with Gasteiger partial charge in [-0.25, -0.2) is 4.39 Å². The van der Waals surface area contributed by atoms with Crippen molar-refractivity contribution >= 4 is 6.29 Å². The minimum Gasteiger partial charge on any atom is -0.493 e. The second kappa shape index (κ2) is 6.07. The molecule has 0 heterocycles. The van der Waals surface area contributed by atoms with Gasteiger partial charge in [0.2, 0.25) is 0 Å². The molecule has 0 aliphatic carbocycles. The summed E-state index contributed by atoms with van der Waals surface area (Å²) < 4.78 is 28.4. The standard InChI is InChI=1S/C11H13FO4/c1-14-3-4-16-11-9(12)5-8(7-13)6-10(11)15-2/h5-7H,3-4H2,1-2H3. The molecule has 0 unspecified atom stereocenters. The minimum atomic E-state index is -0.627. The molecule has 0 aromatic heterocycles. The van der Waals surface area contributed by atoms with Crippen molar-refractivity contribution in [3.05, 3.63) is 23.5 Å². The molecule has 88 valence electrons. The maximum absolute atomic E-state index is 13.5. The lowest BCUT2D eigenvalue weighted by molar-refractivity contribution is 0.112. The smallest absolute Gasteiger partial charge is 0.197 e. The monoisotopic (exact) mass is 228 g/mol. The maximum Gasteiger partial charge on any atom is 0.197 e. The van der Waals surface area contributed by atoms with Crippen LogP contribution in [0.15, 0.2) is 12.1 Å². The van der Waals surface area contributed by atoms with Gasteiger partial charge in [-0.1, -0.05) is 0 Å². The highest BCUT2D eigenvalue weighted by molar-refractivity contribution is 5.76. The average molecular weight is 228 g/mol. The molecule has 0 radical (unpaired) electrons. The van der Waals surface area contributed by atoms with E-state index in [2.05, 4.69) is 0 Å². The number of hydrogen-bond donors (Lipinski definition) is 0. The fourth-order valence-corrected chi connectivity index (χ4v) is 1.17. The Kier molecular flexibility index (Phi) is 4.72. The number of carbonyl (C=O) groups excluding carboxylic acids is 1. The van der Waals surface area contributed by atoms with Gasteiger partial charge >= 0.3 is 0 Å². The van der Waals surface area contributed by atoms with Crippen LogP contribution in [0.25, 0.3) is 0 Å². The SMILES string of the molecule is COCCOc1c(F)cc(C=O)cc1OC. The van der Waals surface area contributed by atoms with Gasteiger partial charge in [0.25, 0.3) is 0 Å². The van der Waals surface area contributed by atoms with E-state index in [0.29, 0.717) is 12.9 Å². The molecular weight excluding hydrogens is 215 g/mol. The molecule has 0 bridgehead atoms. The number of hydrogen-bond acceptors (Lipinski definition) is 4. The molecule has 0 spiro atoms. The molecule has 1 aromatic carbocycles. The number of halogens is 1. The molecule has 0 atom stereocenters. The summed E-state index contributed by atoms with van der Waals surface area (Å²) >= 11 is 0. The molecule has 0 saturated carbocycles. The van der Waals surface area contributed by atoms with Crippen molar-refractivity contribution in [1.29, 1.82) is 0 Å². The maximum atomic E-state index is 13.5. The Hall–Kier alpha value is -1.62. The summed E-state index contributed by atoms with van der Waals surface area (Å²) in [5.74, 6) is -0.444. The molecule has 0 amide bonds. The van der Waals surface area contributed by atoms with E-state index in [1.165, 1.54) is 20.3 Å². The molecule has 0 aliphatic heterocycles. The molecule has 5 heteroatoms. The van der Waals surface area contributed by atoms with Crippen molar-refractivity contribution in [2.24, 2.45) is 0 Å². The number of aldehydes is 1. The first-order valence-electron chi connectivity index (χ1n) is 4.67. The van der Waals surface area contributed by atoms with Crippen LogP contribution in [0.4, 0.5) is 4.39 Å². The van der Waals surface area contributed by atoms with Crippen LogP contribution < -0.4 is 9.47 Å². The normalized spacial score (nSPS) is 9.94. The lowest BCUT2D eigenvalue weighted by atomic mass is 10.2. The molecule has 0 saturated heterocycles. The summed E-state index contributed by atoms with van der Waals surface area (Å²) in [6.45, 7) is 0.558. The van der Waals surface area contributed by atoms with Gasteiger partial charge in [0.1, 0.15) is 12.9 Å². The van der Waals surface area contributed by atoms with Crippen LogP contribution in [0.5, 0.6) is 11.5 Å². The van der Waals surface area contributed by atoms with Gasteiger partial charge in [-0.15, -0.1) is 0 Å². The third kappa shape index (κ3) is 2.93. The van der Waals surface area contributed by atoms with Crippen molar-refractivity contribution in [3.8, 4) is 11.5 Å². The Morgan fingerprint density at radius 2 is 2.06 bits per heavy atom. The van der Waals surface area contributed by atoms with E-state index in [1.807, 2.05) is 0 Å². The van der Waals surface area contributed by atoms with Crippen LogP contribution in [0.1, 0.15) is 10.4 Å². The Morgan fingerprint density at radius 1 is 1.31 bits per heavy atom. The number of methoxy groups -OCH3 is 2. The summed E-state index contributed by atoms with van der Waals surface area (Å²) in [6, 6.07) is 2.51. The Bertz CT molecular complexity index is 365. The summed E-state index contributed by atoms with van der Waals surface area (Å²) in [4.78, 5) is 10.5. The van der Waals surface area contributed by atoms with Crippen molar-refractivity contribution < 1.29 is 23.4 Å². The van der Waals surface area contributed by atoms with Crippen molar-refractivity contribution in [1.82, 2.24) is 0 Å². The second-order valence-corrected chi connectivity index (χ2v) is 2.99. The van der Waals surface area contributed by atoms with Gasteiger partial charge in [-0.05, 0) is 12.1 Å². The highest BCUT2D eigenvalue weighted by atomic mass is 19.1. The van der Waals surface area contributed by atoms with E-state index < -0.39 is 5.82 Å². The zero-order valence-corrected chi connectivity index (χ0v) is 9.16. The molecule has 0 N–H and O–H groups in total. The van der Waals surface area contributed by atoms with Gasteiger partial charge < -0.3 is 14.2 Å². The number of rotatable bonds is 6. The number of benzene rings is 1. The van der Waals surface area contributed by atoms with E-state index in [4.69, 9.17) is 14.2 Å². The molecule has 4 nitrogen and oxygen atoms in total. The van der Waals surface area contributed by atoms with Crippen molar-refractivity contribution in [3.63, 3.8) is 0 Å². The quantitative estimate of drug-likeness (QED) is 0.549. The molecular formula is C11H13FO4. The largest absolute Gasteiger partial charge is 0.493 e. The van der Waals surface area contributed by atoms with Gasteiger partial charge in [0.15, 0.2) is 17.3 Å². The zero-order chi connectivity index (χ0) is 12.0. The highest BCUT2D eigenvalue weighted by Crippen LogP contribution is 2.31. The fourth-order valence-electron chi connectivity index (χ4n) is 1.17. The molecule has 0 fully saturated rings. The van der Waals surface area contributed by atoms with Crippen LogP contribution >= 0.6 is 0 Å². The summed E-state index contributed by atoms with van der Waals surface area (Å²) in [5.41, 5.74) is 0.202. The topological polar surface area (TPSA) is 44.8 Å². The van der Waals surface area contributed by atoms with Gasteiger partial charge in [-0.2, -0.15) is 0 Å². The van der Waals surface area contributed by atoms with Crippen LogP contribution in [0, 0.1) is 5.82 Å². The number of carbonyl (C=O) groups is 1. The third-order valence-electron chi connectivity index (χ3n) is 1.92.